The molecule has 0 fully saturated rings. The average Bonchev–Trinajstić information content (AvgIpc) is 2.92. The predicted octanol–water partition coefficient (Wildman–Crippen LogP) is 4.75. The molecule has 3 rings (SSSR count). The number of alkyl halides is 3. The number of benzene rings is 2. The van der Waals surface area contributed by atoms with E-state index in [2.05, 4.69) is 14.8 Å². The fourth-order valence-corrected chi connectivity index (χ4v) is 5.27. The lowest BCUT2D eigenvalue weighted by Crippen LogP contribution is -2.51. The first kappa shape index (κ1) is 33.3. The third-order valence-corrected chi connectivity index (χ3v) is 6.99. The fourth-order valence-electron chi connectivity index (χ4n) is 3.65. The molecule has 1 atom stereocenters. The van der Waals surface area contributed by atoms with Crippen molar-refractivity contribution < 1.29 is 54.6 Å². The first-order chi connectivity index (χ1) is 18.9. The van der Waals surface area contributed by atoms with Gasteiger partial charge in [-0.1, -0.05) is 26.0 Å². The van der Waals surface area contributed by atoms with Gasteiger partial charge in [0.15, 0.2) is 9.84 Å². The number of sulfone groups is 1. The van der Waals surface area contributed by atoms with E-state index < -0.39 is 85.8 Å². The lowest BCUT2D eigenvalue weighted by Gasteiger charge is -2.27. The second-order valence-corrected chi connectivity index (χ2v) is 11.4. The third-order valence-electron chi connectivity index (χ3n) is 5.22. The summed E-state index contributed by atoms with van der Waals surface area (Å²) in [5.41, 5.74) is -1.84. The van der Waals surface area contributed by atoms with Gasteiger partial charge in [0.25, 0.3) is 5.91 Å². The van der Waals surface area contributed by atoms with Gasteiger partial charge >= 0.3 is 18.4 Å². The number of amides is 2. The van der Waals surface area contributed by atoms with Crippen LogP contribution in [-0.4, -0.2) is 57.3 Å². The number of esters is 1. The van der Waals surface area contributed by atoms with Crippen LogP contribution in [0.5, 0.6) is 5.75 Å². The van der Waals surface area contributed by atoms with Gasteiger partial charge in [0, 0.05) is 0 Å². The number of hydrogen-bond acceptors (Lipinski definition) is 8. The zero-order chi connectivity index (χ0) is 31.3. The van der Waals surface area contributed by atoms with E-state index in [1.807, 2.05) is 13.8 Å². The number of carbonyl (C=O) groups is 3. The van der Waals surface area contributed by atoms with Crippen molar-refractivity contribution in [3.05, 3.63) is 53.3 Å². The number of methoxy groups -OCH3 is 1. The number of ether oxygens (including phenoxy) is 3. The van der Waals surface area contributed by atoms with E-state index in [0.29, 0.717) is 6.07 Å². The Bertz CT molecular complexity index is 1390. The lowest BCUT2D eigenvalue weighted by molar-refractivity contribution is -0.274. The van der Waals surface area contributed by atoms with Gasteiger partial charge in [-0.3, -0.25) is 4.79 Å². The molecule has 2 aromatic rings. The Labute approximate surface area is 234 Å². The number of anilines is 1. The van der Waals surface area contributed by atoms with E-state index in [-0.39, 0.29) is 5.56 Å². The van der Waals surface area contributed by atoms with Gasteiger partial charge in [-0.25, -0.2) is 22.4 Å². The zero-order valence-electron chi connectivity index (χ0n) is 23.1. The Balaban J connectivity index is 0.00000287. The first-order valence-electron chi connectivity index (χ1n) is 12.2. The highest BCUT2D eigenvalue weighted by Crippen LogP contribution is 2.35. The number of nitrogens with one attached hydrogen (secondary N) is 1. The van der Waals surface area contributed by atoms with Crippen LogP contribution < -0.4 is 15.0 Å². The molecule has 0 aliphatic carbocycles. The Hall–Kier alpha value is -3.88. The van der Waals surface area contributed by atoms with Gasteiger partial charge in [-0.15, -0.1) is 13.2 Å². The molecule has 0 radical (unpaired) electrons. The Kier molecular flexibility index (Phi) is 10.4. The smallest absolute Gasteiger partial charge is 0.465 e. The molecule has 0 saturated heterocycles. The van der Waals surface area contributed by atoms with E-state index >= 15 is 0 Å². The summed E-state index contributed by atoms with van der Waals surface area (Å²) in [6, 6.07) is 4.02. The normalized spacial score (nSPS) is 16.4. The van der Waals surface area contributed by atoms with Crippen molar-refractivity contribution in [3.63, 3.8) is 0 Å². The van der Waals surface area contributed by atoms with E-state index in [0.717, 1.165) is 30.2 Å². The molecule has 2 aromatic carbocycles. The van der Waals surface area contributed by atoms with Crippen LogP contribution in [-0.2, 0) is 30.7 Å². The molecule has 15 heteroatoms. The van der Waals surface area contributed by atoms with Crippen LogP contribution in [0.25, 0.3) is 0 Å². The molecule has 0 saturated carbocycles. The lowest BCUT2D eigenvalue weighted by atomic mass is 10.1. The third kappa shape index (κ3) is 8.80. The number of alkyl carbamates (subject to hydrolysis) is 1. The largest absolute Gasteiger partial charge is 0.573 e. The quantitative estimate of drug-likeness (QED) is 0.382. The van der Waals surface area contributed by atoms with Crippen LogP contribution in [0, 0.1) is 5.82 Å². The van der Waals surface area contributed by atoms with E-state index in [4.69, 9.17) is 4.74 Å². The van der Waals surface area contributed by atoms with Gasteiger partial charge < -0.3 is 24.4 Å². The molecule has 10 nitrogen and oxygen atoms in total. The van der Waals surface area contributed by atoms with Crippen molar-refractivity contribution in [1.82, 2.24) is 5.32 Å². The minimum atomic E-state index is -4.94. The predicted molar refractivity (Wildman–Crippen MR) is 139 cm³/mol. The molecular weight excluding hydrogens is 576 g/mol. The number of rotatable bonds is 5. The topological polar surface area (TPSA) is 128 Å². The molecule has 0 unspecified atom stereocenters. The highest BCUT2D eigenvalue weighted by atomic mass is 32.2. The van der Waals surface area contributed by atoms with E-state index in [1.54, 1.807) is 20.8 Å². The van der Waals surface area contributed by atoms with Crippen molar-refractivity contribution >= 4 is 33.5 Å². The van der Waals surface area contributed by atoms with Crippen molar-refractivity contribution in [1.29, 1.82) is 0 Å². The standard InChI is InChI=1S/C24H24F4N2O8S.C2H6/c1-23(2,3)38-22(33)29-17-12-39(34,35)19-10-16(25)15(21(32)36-4)9-18(19)30(20(17)31)11-13-5-7-14(8-6-13)37-24(26,27)28;1-2/h5-10,17H,11-12H2,1-4H3,(H,29,33);1-2H3/t17-;/m0./s1. The van der Waals surface area contributed by atoms with Crippen molar-refractivity contribution in [2.45, 2.75) is 64.1 Å². The summed E-state index contributed by atoms with van der Waals surface area (Å²) >= 11 is 0. The van der Waals surface area contributed by atoms with Crippen LogP contribution in [0.1, 0.15) is 50.5 Å². The molecule has 226 valence electrons. The van der Waals surface area contributed by atoms with Crippen molar-refractivity contribution in [2.24, 2.45) is 0 Å². The Morgan fingerprint density at radius 2 is 1.66 bits per heavy atom. The average molecular weight is 607 g/mol. The Morgan fingerprint density at radius 3 is 2.17 bits per heavy atom. The SMILES string of the molecule is CC.COC(=O)c1cc2c(cc1F)S(=O)(=O)C[C@H](NC(=O)OC(C)(C)C)C(=O)N2Cc1ccc(OC(F)(F)F)cc1. The first-order valence-corrected chi connectivity index (χ1v) is 13.9. The van der Waals surface area contributed by atoms with Crippen molar-refractivity contribution in [2.75, 3.05) is 17.8 Å². The van der Waals surface area contributed by atoms with Crippen LogP contribution in [0.4, 0.5) is 28.0 Å². The summed E-state index contributed by atoms with van der Waals surface area (Å²) in [5, 5.41) is 2.21. The molecule has 41 heavy (non-hydrogen) atoms. The molecule has 0 bridgehead atoms. The van der Waals surface area contributed by atoms with E-state index in [9.17, 15) is 40.4 Å². The van der Waals surface area contributed by atoms with Gasteiger partial charge in [0.2, 0.25) is 0 Å². The van der Waals surface area contributed by atoms with Gasteiger partial charge in [0.05, 0.1) is 35.6 Å². The molecule has 2 amide bonds. The number of nitrogens with zero attached hydrogens (tertiary/aromatic N) is 1. The number of fused-ring (bicyclic) bond motifs is 1. The molecular formula is C26H30F4N2O8S. The summed E-state index contributed by atoms with van der Waals surface area (Å²) in [6.07, 6.45) is -6.04. The monoisotopic (exact) mass is 606 g/mol. The van der Waals surface area contributed by atoms with Crippen LogP contribution in [0.3, 0.4) is 0 Å². The van der Waals surface area contributed by atoms with Crippen molar-refractivity contribution in [3.8, 4) is 5.75 Å². The minimum absolute atomic E-state index is 0.211. The maximum Gasteiger partial charge on any atom is 0.573 e. The summed E-state index contributed by atoms with van der Waals surface area (Å²) in [7, 11) is -3.47. The van der Waals surface area contributed by atoms with Gasteiger partial charge in [-0.2, -0.15) is 0 Å². The molecule has 1 aliphatic heterocycles. The highest BCUT2D eigenvalue weighted by molar-refractivity contribution is 7.91. The second kappa shape index (κ2) is 12.7. The maximum absolute atomic E-state index is 14.8. The zero-order valence-corrected chi connectivity index (χ0v) is 23.9. The maximum atomic E-state index is 14.8. The molecule has 1 aliphatic rings. The van der Waals surface area contributed by atoms with Crippen LogP contribution in [0.2, 0.25) is 0 Å². The van der Waals surface area contributed by atoms with Crippen LogP contribution in [0.15, 0.2) is 41.3 Å². The number of hydrogen-bond donors (Lipinski definition) is 1. The van der Waals surface area contributed by atoms with Gasteiger partial charge in [0.1, 0.15) is 23.2 Å². The fraction of sp³-hybridized carbons (Fsp3) is 0.423. The highest BCUT2D eigenvalue weighted by Gasteiger charge is 2.40. The minimum Gasteiger partial charge on any atom is -0.465 e. The number of carbonyl (C=O) groups excluding carboxylic acids is 3. The molecule has 0 spiro atoms. The summed E-state index contributed by atoms with van der Waals surface area (Å²) in [6.45, 7) is 8.20. The molecule has 1 N–H and O–H groups in total. The summed E-state index contributed by atoms with van der Waals surface area (Å²) < 4.78 is 92.2. The Morgan fingerprint density at radius 1 is 1.07 bits per heavy atom. The molecule has 0 aromatic heterocycles. The number of halogens is 4. The summed E-state index contributed by atoms with van der Waals surface area (Å²) in [5.74, 6) is -4.87. The summed E-state index contributed by atoms with van der Waals surface area (Å²) in [4.78, 5) is 38.3. The second-order valence-electron chi connectivity index (χ2n) is 9.39. The molecule has 1 heterocycles. The van der Waals surface area contributed by atoms with Gasteiger partial charge in [-0.05, 0) is 50.6 Å². The van der Waals surface area contributed by atoms with Crippen LogP contribution >= 0.6 is 0 Å². The van der Waals surface area contributed by atoms with E-state index in [1.165, 1.54) is 12.1 Å².